The Kier molecular flexibility index (Phi) is 10.6. The second-order valence-corrected chi connectivity index (χ2v) is 12.5. The zero-order valence-electron chi connectivity index (χ0n) is 26.5. The third kappa shape index (κ3) is 8.83. The first-order valence-electron chi connectivity index (χ1n) is 14.7. The Hall–Kier alpha value is -4.33. The highest BCUT2D eigenvalue weighted by molar-refractivity contribution is 5.99. The fourth-order valence-electron chi connectivity index (χ4n) is 4.79. The van der Waals surface area contributed by atoms with Gasteiger partial charge < -0.3 is 25.4 Å². The lowest BCUT2D eigenvalue weighted by Crippen LogP contribution is -2.59. The number of ether oxygens (including phenoxy) is 1. The van der Waals surface area contributed by atoms with Crippen LogP contribution in [0, 0.1) is 13.8 Å². The molecule has 0 aromatic heterocycles. The number of aryl methyl sites for hydroxylation is 2. The zero-order chi connectivity index (χ0) is 31.9. The number of phenols is 1. The predicted octanol–water partition coefficient (Wildman–Crippen LogP) is 6.84. The Bertz CT molecular complexity index is 1430. The number of hydrogen-bond acceptors (Lipinski definition) is 5. The molecule has 0 saturated carbocycles. The molecule has 8 nitrogen and oxygen atoms in total. The molecule has 3 N–H and O–H groups in total. The SMILES string of the molecule is CCC(C)(C)N(C(=O)C(Cc1ccccc1)NC(=O)OC(C)(C)C)C(C(=O)Nc1ccccc1C)c1ccc(O)c(C)c1. The van der Waals surface area contributed by atoms with Gasteiger partial charge in [-0.3, -0.25) is 9.59 Å². The highest BCUT2D eigenvalue weighted by Crippen LogP contribution is 2.35. The predicted molar refractivity (Wildman–Crippen MR) is 170 cm³/mol. The van der Waals surface area contributed by atoms with Gasteiger partial charge in [-0.15, -0.1) is 0 Å². The van der Waals surface area contributed by atoms with Crippen LogP contribution in [0.3, 0.4) is 0 Å². The van der Waals surface area contributed by atoms with Crippen molar-refractivity contribution < 1.29 is 24.2 Å². The molecule has 0 aliphatic heterocycles. The summed E-state index contributed by atoms with van der Waals surface area (Å²) in [5, 5.41) is 16.1. The molecule has 2 atom stereocenters. The number of alkyl carbamates (subject to hydrolysis) is 1. The molecule has 0 fully saturated rings. The number of nitrogens with one attached hydrogen (secondary N) is 2. The molecular weight excluding hydrogens is 542 g/mol. The van der Waals surface area contributed by atoms with E-state index in [1.165, 1.54) is 6.07 Å². The number of nitrogens with zero attached hydrogens (tertiary/aromatic N) is 1. The summed E-state index contributed by atoms with van der Waals surface area (Å²) in [5.74, 6) is -0.759. The normalized spacial score (nSPS) is 13.0. The van der Waals surface area contributed by atoms with Crippen molar-refractivity contribution in [3.8, 4) is 5.75 Å². The Labute approximate surface area is 255 Å². The van der Waals surface area contributed by atoms with Crippen LogP contribution >= 0.6 is 0 Å². The van der Waals surface area contributed by atoms with Gasteiger partial charge in [-0.25, -0.2) is 4.79 Å². The minimum absolute atomic E-state index is 0.0861. The number of hydrogen-bond donors (Lipinski definition) is 3. The maximum absolute atomic E-state index is 14.8. The lowest BCUT2D eigenvalue weighted by Gasteiger charge is -2.44. The number of carbonyl (C=O) groups is 3. The summed E-state index contributed by atoms with van der Waals surface area (Å²) in [6.07, 6.45) is -0.0119. The minimum atomic E-state index is -1.08. The Morgan fingerprint density at radius 3 is 2.09 bits per heavy atom. The monoisotopic (exact) mass is 587 g/mol. The topological polar surface area (TPSA) is 108 Å². The molecule has 0 saturated heterocycles. The summed E-state index contributed by atoms with van der Waals surface area (Å²) in [4.78, 5) is 43.6. The molecule has 8 heteroatoms. The summed E-state index contributed by atoms with van der Waals surface area (Å²) >= 11 is 0. The Morgan fingerprint density at radius 1 is 0.884 bits per heavy atom. The maximum atomic E-state index is 14.8. The lowest BCUT2D eigenvalue weighted by atomic mass is 9.90. The average Bonchev–Trinajstić information content (AvgIpc) is 2.93. The van der Waals surface area contributed by atoms with E-state index < -0.39 is 41.1 Å². The van der Waals surface area contributed by atoms with Gasteiger partial charge in [0.25, 0.3) is 5.91 Å². The van der Waals surface area contributed by atoms with E-state index in [0.717, 1.165) is 11.1 Å². The molecule has 0 radical (unpaired) electrons. The third-order valence-corrected chi connectivity index (χ3v) is 7.47. The van der Waals surface area contributed by atoms with Crippen LogP contribution < -0.4 is 10.6 Å². The molecule has 3 amide bonds. The molecule has 3 aromatic carbocycles. The van der Waals surface area contributed by atoms with E-state index in [0.29, 0.717) is 23.2 Å². The molecule has 3 aromatic rings. The molecule has 0 aliphatic rings. The quantitative estimate of drug-likeness (QED) is 0.241. The van der Waals surface area contributed by atoms with Crippen LogP contribution in [0.1, 0.15) is 76.3 Å². The second kappa shape index (κ2) is 13.8. The summed E-state index contributed by atoms with van der Waals surface area (Å²) in [6, 6.07) is 19.6. The summed E-state index contributed by atoms with van der Waals surface area (Å²) in [7, 11) is 0. The van der Waals surface area contributed by atoms with Crippen LogP contribution in [-0.2, 0) is 20.7 Å². The van der Waals surface area contributed by atoms with Crippen LogP contribution in [0.2, 0.25) is 0 Å². The molecule has 0 aliphatic carbocycles. The smallest absolute Gasteiger partial charge is 0.408 e. The van der Waals surface area contributed by atoms with E-state index in [2.05, 4.69) is 10.6 Å². The highest BCUT2D eigenvalue weighted by Gasteiger charge is 2.43. The number of aromatic hydroxyl groups is 1. The Morgan fingerprint density at radius 2 is 1.51 bits per heavy atom. The molecular formula is C35H45N3O5. The van der Waals surface area contributed by atoms with Gasteiger partial charge in [-0.1, -0.05) is 61.5 Å². The fourth-order valence-corrected chi connectivity index (χ4v) is 4.79. The van der Waals surface area contributed by atoms with Crippen LogP contribution in [0.15, 0.2) is 72.8 Å². The van der Waals surface area contributed by atoms with Crippen molar-refractivity contribution in [3.63, 3.8) is 0 Å². The van der Waals surface area contributed by atoms with Crippen molar-refractivity contribution in [3.05, 3.63) is 95.1 Å². The van der Waals surface area contributed by atoms with Crippen molar-refractivity contribution in [2.75, 3.05) is 5.32 Å². The number of phenolic OH excluding ortho intramolecular Hbond substituents is 1. The number of amides is 3. The zero-order valence-corrected chi connectivity index (χ0v) is 26.5. The summed E-state index contributed by atoms with van der Waals surface area (Å²) in [6.45, 7) is 14.7. The van der Waals surface area contributed by atoms with E-state index in [9.17, 15) is 19.5 Å². The van der Waals surface area contributed by atoms with Gasteiger partial charge in [0, 0.05) is 17.6 Å². The van der Waals surface area contributed by atoms with E-state index in [1.54, 1.807) is 44.7 Å². The van der Waals surface area contributed by atoms with Crippen molar-refractivity contribution in [2.24, 2.45) is 0 Å². The van der Waals surface area contributed by atoms with Gasteiger partial charge in [0.15, 0.2) is 0 Å². The largest absolute Gasteiger partial charge is 0.508 e. The first kappa shape index (κ1) is 33.2. The van der Waals surface area contributed by atoms with E-state index in [4.69, 9.17) is 4.74 Å². The third-order valence-electron chi connectivity index (χ3n) is 7.47. The van der Waals surface area contributed by atoms with E-state index >= 15 is 0 Å². The van der Waals surface area contributed by atoms with Crippen molar-refractivity contribution >= 4 is 23.6 Å². The number of rotatable bonds is 10. The molecule has 230 valence electrons. The first-order chi connectivity index (χ1) is 20.1. The molecule has 43 heavy (non-hydrogen) atoms. The molecule has 0 spiro atoms. The standard InChI is InChI=1S/C35H45N3O5/c1-9-35(7,8)38(32(41)28(22-25-16-11-10-12-17-25)37-33(42)43-34(4,5)6)30(26-19-20-29(39)24(3)21-26)31(40)36-27-18-14-13-15-23(27)2/h10-21,28,30,39H,9,22H2,1-8H3,(H,36,40)(H,37,42). The number of benzene rings is 3. The van der Waals surface area contributed by atoms with Gasteiger partial charge >= 0.3 is 6.09 Å². The summed E-state index contributed by atoms with van der Waals surface area (Å²) in [5.41, 5.74) is 1.85. The molecule has 0 bridgehead atoms. The van der Waals surface area contributed by atoms with Crippen molar-refractivity contribution in [1.29, 1.82) is 0 Å². The van der Waals surface area contributed by atoms with Crippen LogP contribution in [0.4, 0.5) is 10.5 Å². The van der Waals surface area contributed by atoms with Crippen LogP contribution in [0.25, 0.3) is 0 Å². The van der Waals surface area contributed by atoms with E-state index in [-0.39, 0.29) is 12.2 Å². The van der Waals surface area contributed by atoms with Crippen molar-refractivity contribution in [2.45, 2.75) is 91.5 Å². The van der Waals surface area contributed by atoms with Gasteiger partial charge in [0.05, 0.1) is 0 Å². The van der Waals surface area contributed by atoms with Gasteiger partial charge in [-0.2, -0.15) is 0 Å². The van der Waals surface area contributed by atoms with Gasteiger partial charge in [-0.05, 0) is 95.3 Å². The average molecular weight is 588 g/mol. The number of carbonyl (C=O) groups excluding carboxylic acids is 3. The van der Waals surface area contributed by atoms with Crippen LogP contribution in [-0.4, -0.2) is 45.1 Å². The van der Waals surface area contributed by atoms with Gasteiger partial charge in [0.1, 0.15) is 23.4 Å². The lowest BCUT2D eigenvalue weighted by molar-refractivity contribution is -0.147. The second-order valence-electron chi connectivity index (χ2n) is 12.5. The fraction of sp³-hybridized carbons (Fsp3) is 0.400. The molecule has 2 unspecified atom stereocenters. The minimum Gasteiger partial charge on any atom is -0.508 e. The number of anilines is 1. The van der Waals surface area contributed by atoms with E-state index in [1.807, 2.05) is 82.3 Å². The maximum Gasteiger partial charge on any atom is 0.408 e. The highest BCUT2D eigenvalue weighted by atomic mass is 16.6. The summed E-state index contributed by atoms with van der Waals surface area (Å²) < 4.78 is 5.53. The number of para-hydroxylation sites is 1. The van der Waals surface area contributed by atoms with Crippen molar-refractivity contribution in [1.82, 2.24) is 10.2 Å². The first-order valence-corrected chi connectivity index (χ1v) is 14.7. The molecule has 3 rings (SSSR count). The van der Waals surface area contributed by atoms with Crippen LogP contribution in [0.5, 0.6) is 5.75 Å². The van der Waals surface area contributed by atoms with Gasteiger partial charge in [0.2, 0.25) is 5.91 Å². The molecule has 0 heterocycles. The Balaban J connectivity index is 2.17.